The summed E-state index contributed by atoms with van der Waals surface area (Å²) in [6, 6.07) is 4.46. The zero-order valence-electron chi connectivity index (χ0n) is 10.7. The lowest BCUT2D eigenvalue weighted by molar-refractivity contribution is 0.516. The summed E-state index contributed by atoms with van der Waals surface area (Å²) in [5.41, 5.74) is 5.60. The van der Waals surface area contributed by atoms with Crippen LogP contribution >= 0.6 is 27.5 Å². The minimum atomic E-state index is -3.65. The Labute approximate surface area is 127 Å². The van der Waals surface area contributed by atoms with Crippen molar-refractivity contribution in [3.8, 4) is 0 Å². The zero-order valence-corrected chi connectivity index (χ0v) is 13.9. The van der Waals surface area contributed by atoms with Gasteiger partial charge in [0, 0.05) is 17.1 Å². The monoisotopic (exact) mass is 368 g/mol. The van der Waals surface area contributed by atoms with E-state index >= 15 is 0 Å². The van der Waals surface area contributed by atoms with E-state index in [1.54, 1.807) is 12.1 Å². The van der Waals surface area contributed by atoms with E-state index in [0.29, 0.717) is 4.47 Å². The number of hydrogen-bond acceptors (Lipinski definition) is 3. The summed E-state index contributed by atoms with van der Waals surface area (Å²) in [6.45, 7) is 2.32. The lowest BCUT2D eigenvalue weighted by Gasteiger charge is -2.17. The third-order valence-electron chi connectivity index (χ3n) is 2.70. The molecule has 0 saturated heterocycles. The molecule has 0 fully saturated rings. The number of hydrogen-bond donors (Lipinski definition) is 2. The maximum absolute atomic E-state index is 12.3. The van der Waals surface area contributed by atoms with Gasteiger partial charge in [0.15, 0.2) is 0 Å². The number of nitrogens with two attached hydrogens (primary N) is 1. The van der Waals surface area contributed by atoms with Crippen molar-refractivity contribution >= 4 is 37.6 Å². The van der Waals surface area contributed by atoms with Gasteiger partial charge in [-0.3, -0.25) is 0 Å². The normalized spacial score (nSPS) is 13.5. The third kappa shape index (κ3) is 5.04. The molecule has 19 heavy (non-hydrogen) atoms. The van der Waals surface area contributed by atoms with Crippen LogP contribution in [0.2, 0.25) is 5.02 Å². The van der Waals surface area contributed by atoms with E-state index in [-0.39, 0.29) is 22.5 Å². The minimum absolute atomic E-state index is 0.0680. The summed E-state index contributed by atoms with van der Waals surface area (Å²) in [5.74, 6) is 0. The second-order valence-electron chi connectivity index (χ2n) is 4.27. The summed E-state index contributed by atoms with van der Waals surface area (Å²) in [7, 11) is -3.65. The van der Waals surface area contributed by atoms with Crippen molar-refractivity contribution in [1.29, 1.82) is 0 Å². The fraction of sp³-hybridized carbons (Fsp3) is 0.500. The first kappa shape index (κ1) is 16.9. The van der Waals surface area contributed by atoms with Crippen LogP contribution in [0.3, 0.4) is 0 Å². The Hall–Kier alpha value is -0.140. The molecule has 1 aromatic carbocycles. The average Bonchev–Trinajstić information content (AvgIpc) is 2.37. The zero-order chi connectivity index (χ0) is 14.5. The standard InChI is InChI=1S/C12H18BrClN2O2S/c1-2-3-4-10(8-15)16-19(17,18)12-7-9(13)5-6-11(12)14/h5-7,10,16H,2-4,8,15H2,1H3. The molecule has 1 unspecified atom stereocenters. The summed E-state index contributed by atoms with van der Waals surface area (Å²) >= 11 is 9.18. The maximum Gasteiger partial charge on any atom is 0.242 e. The first-order valence-corrected chi connectivity index (χ1v) is 8.73. The third-order valence-corrected chi connectivity index (χ3v) is 5.19. The number of benzene rings is 1. The van der Waals surface area contributed by atoms with Gasteiger partial charge in [-0.05, 0) is 24.6 Å². The van der Waals surface area contributed by atoms with E-state index in [1.807, 2.05) is 6.92 Å². The Morgan fingerprint density at radius 3 is 2.74 bits per heavy atom. The highest BCUT2D eigenvalue weighted by atomic mass is 79.9. The smallest absolute Gasteiger partial charge is 0.242 e. The van der Waals surface area contributed by atoms with Gasteiger partial charge in [-0.2, -0.15) is 0 Å². The molecule has 4 nitrogen and oxygen atoms in total. The quantitative estimate of drug-likeness (QED) is 0.776. The Morgan fingerprint density at radius 1 is 1.47 bits per heavy atom. The van der Waals surface area contributed by atoms with Gasteiger partial charge in [-0.15, -0.1) is 0 Å². The fourth-order valence-corrected chi connectivity index (χ4v) is 3.96. The van der Waals surface area contributed by atoms with Gasteiger partial charge in [-0.1, -0.05) is 47.3 Å². The van der Waals surface area contributed by atoms with Crippen molar-refractivity contribution in [2.75, 3.05) is 6.54 Å². The molecule has 108 valence electrons. The Morgan fingerprint density at radius 2 is 2.16 bits per heavy atom. The molecule has 3 N–H and O–H groups in total. The maximum atomic E-state index is 12.3. The van der Waals surface area contributed by atoms with Crippen molar-refractivity contribution in [2.24, 2.45) is 5.73 Å². The lowest BCUT2D eigenvalue weighted by atomic mass is 10.1. The van der Waals surface area contributed by atoms with E-state index < -0.39 is 10.0 Å². The van der Waals surface area contributed by atoms with Crippen LogP contribution in [0.4, 0.5) is 0 Å². The van der Waals surface area contributed by atoms with Crippen molar-refractivity contribution in [1.82, 2.24) is 4.72 Å². The van der Waals surface area contributed by atoms with Crippen molar-refractivity contribution in [2.45, 2.75) is 37.1 Å². The van der Waals surface area contributed by atoms with E-state index in [2.05, 4.69) is 20.7 Å². The summed E-state index contributed by atoms with van der Waals surface area (Å²) in [4.78, 5) is 0.0680. The summed E-state index contributed by atoms with van der Waals surface area (Å²) in [5, 5.41) is 0.196. The van der Waals surface area contributed by atoms with Gasteiger partial charge in [0.1, 0.15) is 4.90 Å². The molecule has 0 amide bonds. The lowest BCUT2D eigenvalue weighted by Crippen LogP contribution is -2.40. The highest BCUT2D eigenvalue weighted by molar-refractivity contribution is 9.10. The van der Waals surface area contributed by atoms with Gasteiger partial charge in [0.25, 0.3) is 0 Å². The topological polar surface area (TPSA) is 72.2 Å². The number of rotatable bonds is 7. The second-order valence-corrected chi connectivity index (χ2v) is 7.28. The van der Waals surface area contributed by atoms with E-state index in [4.69, 9.17) is 17.3 Å². The first-order chi connectivity index (χ1) is 8.90. The van der Waals surface area contributed by atoms with Crippen LogP contribution in [-0.2, 0) is 10.0 Å². The van der Waals surface area contributed by atoms with E-state index in [9.17, 15) is 8.42 Å². The van der Waals surface area contributed by atoms with Crippen molar-refractivity contribution in [3.63, 3.8) is 0 Å². The summed E-state index contributed by atoms with van der Waals surface area (Å²) < 4.78 is 27.8. The highest BCUT2D eigenvalue weighted by Gasteiger charge is 2.21. The Bertz CT molecular complexity index is 522. The molecule has 0 aliphatic heterocycles. The van der Waals surface area contributed by atoms with Crippen LogP contribution in [0.15, 0.2) is 27.6 Å². The van der Waals surface area contributed by atoms with E-state index in [1.165, 1.54) is 6.07 Å². The number of nitrogens with one attached hydrogen (secondary N) is 1. The highest BCUT2D eigenvalue weighted by Crippen LogP contribution is 2.25. The van der Waals surface area contributed by atoms with Crippen LogP contribution in [0.5, 0.6) is 0 Å². The minimum Gasteiger partial charge on any atom is -0.329 e. The van der Waals surface area contributed by atoms with Crippen LogP contribution in [0.25, 0.3) is 0 Å². The Kier molecular flexibility index (Phi) is 6.76. The second kappa shape index (κ2) is 7.59. The predicted molar refractivity (Wildman–Crippen MR) is 81.8 cm³/mol. The predicted octanol–water partition coefficient (Wildman–Crippen LogP) is 2.90. The number of sulfonamides is 1. The van der Waals surface area contributed by atoms with Gasteiger partial charge in [0.05, 0.1) is 5.02 Å². The van der Waals surface area contributed by atoms with Gasteiger partial charge in [0.2, 0.25) is 10.0 Å². The van der Waals surface area contributed by atoms with Gasteiger partial charge in [-0.25, -0.2) is 13.1 Å². The van der Waals surface area contributed by atoms with Crippen molar-refractivity contribution in [3.05, 3.63) is 27.7 Å². The molecule has 0 aliphatic rings. The molecule has 0 saturated carbocycles. The SMILES string of the molecule is CCCCC(CN)NS(=O)(=O)c1cc(Br)ccc1Cl. The van der Waals surface area contributed by atoms with Crippen LogP contribution in [0.1, 0.15) is 26.2 Å². The Balaban J connectivity index is 2.93. The molecule has 0 aliphatic carbocycles. The van der Waals surface area contributed by atoms with Crippen LogP contribution in [-0.4, -0.2) is 21.0 Å². The number of unbranched alkanes of at least 4 members (excludes halogenated alkanes) is 1. The molecular weight excluding hydrogens is 352 g/mol. The van der Waals surface area contributed by atoms with Crippen LogP contribution in [0, 0.1) is 0 Å². The summed E-state index contributed by atoms with van der Waals surface area (Å²) in [6.07, 6.45) is 2.64. The molecule has 0 aromatic heterocycles. The first-order valence-electron chi connectivity index (χ1n) is 6.08. The largest absolute Gasteiger partial charge is 0.329 e. The molecule has 0 radical (unpaired) electrons. The average molecular weight is 370 g/mol. The molecule has 1 aromatic rings. The van der Waals surface area contributed by atoms with Crippen molar-refractivity contribution < 1.29 is 8.42 Å². The fourth-order valence-electron chi connectivity index (χ4n) is 1.64. The van der Waals surface area contributed by atoms with E-state index in [0.717, 1.165) is 19.3 Å². The molecule has 1 rings (SSSR count). The number of halogens is 2. The van der Waals surface area contributed by atoms with Gasteiger partial charge < -0.3 is 5.73 Å². The van der Waals surface area contributed by atoms with Crippen LogP contribution < -0.4 is 10.5 Å². The molecule has 0 bridgehead atoms. The van der Waals surface area contributed by atoms with Gasteiger partial charge >= 0.3 is 0 Å². The molecule has 1 atom stereocenters. The molecule has 0 heterocycles. The molecule has 7 heteroatoms. The molecular formula is C12H18BrClN2O2S. The molecule has 0 spiro atoms.